The number of benzene rings is 2. The molecular formula is C24H29N3O4. The van der Waals surface area contributed by atoms with Crippen LogP contribution in [0.1, 0.15) is 53.6 Å². The first-order valence-electron chi connectivity index (χ1n) is 10.6. The van der Waals surface area contributed by atoms with Crippen molar-refractivity contribution in [3.8, 4) is 0 Å². The van der Waals surface area contributed by atoms with E-state index in [0.717, 1.165) is 42.5 Å². The smallest absolute Gasteiger partial charge is 0.340 e. The largest absolute Gasteiger partial charge is 0.452 e. The molecule has 0 unspecified atom stereocenters. The van der Waals surface area contributed by atoms with Gasteiger partial charge in [0.2, 0.25) is 0 Å². The Balaban J connectivity index is 1.55. The topological polar surface area (TPSA) is 96.5 Å². The maximum absolute atomic E-state index is 12.6. The van der Waals surface area contributed by atoms with Gasteiger partial charge in [0, 0.05) is 11.7 Å². The van der Waals surface area contributed by atoms with E-state index in [9.17, 15) is 14.4 Å². The van der Waals surface area contributed by atoms with Gasteiger partial charge in [-0.1, -0.05) is 43.5 Å². The second-order valence-electron chi connectivity index (χ2n) is 7.85. The van der Waals surface area contributed by atoms with Gasteiger partial charge in [0.15, 0.2) is 6.61 Å². The van der Waals surface area contributed by atoms with E-state index in [0.29, 0.717) is 11.3 Å². The minimum atomic E-state index is -0.665. The number of ether oxygens (including phenoxy) is 1. The third-order valence-electron chi connectivity index (χ3n) is 5.55. The minimum Gasteiger partial charge on any atom is -0.452 e. The number of amides is 3. The van der Waals surface area contributed by atoms with Crippen LogP contribution in [-0.4, -0.2) is 30.6 Å². The summed E-state index contributed by atoms with van der Waals surface area (Å²) in [6.07, 6.45) is 5.16. The van der Waals surface area contributed by atoms with Crippen molar-refractivity contribution in [2.75, 3.05) is 11.9 Å². The summed E-state index contributed by atoms with van der Waals surface area (Å²) in [5, 5.41) is 8.28. The molecule has 3 N–H and O–H groups in total. The zero-order valence-electron chi connectivity index (χ0n) is 18.0. The molecule has 0 spiro atoms. The van der Waals surface area contributed by atoms with Crippen LogP contribution in [-0.2, 0) is 9.53 Å². The van der Waals surface area contributed by atoms with Crippen LogP contribution in [0.5, 0.6) is 0 Å². The van der Waals surface area contributed by atoms with Gasteiger partial charge in [0.25, 0.3) is 5.91 Å². The Morgan fingerprint density at radius 2 is 1.65 bits per heavy atom. The molecule has 3 amide bonds. The third kappa shape index (κ3) is 6.31. The van der Waals surface area contributed by atoms with E-state index in [1.807, 2.05) is 38.1 Å². The Morgan fingerprint density at radius 3 is 2.42 bits per heavy atom. The molecule has 0 aromatic heterocycles. The summed E-state index contributed by atoms with van der Waals surface area (Å²) in [6.45, 7) is 3.49. The summed E-state index contributed by atoms with van der Waals surface area (Å²) < 4.78 is 5.14. The molecule has 0 aliphatic heterocycles. The molecule has 0 atom stereocenters. The number of anilines is 2. The van der Waals surface area contributed by atoms with Crippen LogP contribution in [0.2, 0.25) is 0 Å². The standard InChI is InChI=1S/C24H29N3O4/c1-16-9-8-14-20(17(16)2)26-21-13-7-6-12-19(21)23(29)31-15-22(28)27-24(30)25-18-10-4-3-5-11-18/h6-9,12-14,18,26H,3-5,10-11,15H2,1-2H3,(H2,25,27,28,30). The van der Waals surface area contributed by atoms with Gasteiger partial charge in [-0.2, -0.15) is 0 Å². The third-order valence-corrected chi connectivity index (χ3v) is 5.55. The molecule has 7 heteroatoms. The lowest BCUT2D eigenvalue weighted by atomic mass is 9.96. The molecule has 2 aromatic rings. The van der Waals surface area contributed by atoms with Crippen molar-refractivity contribution < 1.29 is 19.1 Å². The lowest BCUT2D eigenvalue weighted by Gasteiger charge is -2.22. The molecule has 31 heavy (non-hydrogen) atoms. The predicted octanol–water partition coefficient (Wildman–Crippen LogP) is 4.36. The Kier molecular flexibility index (Phi) is 7.65. The van der Waals surface area contributed by atoms with Gasteiger partial charge in [-0.3, -0.25) is 10.1 Å². The van der Waals surface area contributed by atoms with Crippen molar-refractivity contribution in [1.82, 2.24) is 10.6 Å². The average molecular weight is 424 g/mol. The molecular weight excluding hydrogens is 394 g/mol. The maximum atomic E-state index is 12.6. The van der Waals surface area contributed by atoms with Gasteiger partial charge < -0.3 is 15.4 Å². The molecule has 7 nitrogen and oxygen atoms in total. The zero-order chi connectivity index (χ0) is 22.2. The number of hydrogen-bond acceptors (Lipinski definition) is 5. The van der Waals surface area contributed by atoms with E-state index in [-0.39, 0.29) is 6.04 Å². The number of aryl methyl sites for hydroxylation is 1. The number of para-hydroxylation sites is 1. The second kappa shape index (κ2) is 10.6. The fourth-order valence-corrected chi connectivity index (χ4v) is 3.64. The van der Waals surface area contributed by atoms with Gasteiger partial charge >= 0.3 is 12.0 Å². The van der Waals surface area contributed by atoms with E-state index >= 15 is 0 Å². The van der Waals surface area contributed by atoms with Gasteiger partial charge in [0.05, 0.1) is 11.3 Å². The van der Waals surface area contributed by atoms with Crippen molar-refractivity contribution in [3.05, 3.63) is 59.2 Å². The van der Waals surface area contributed by atoms with Crippen LogP contribution in [0.15, 0.2) is 42.5 Å². The second-order valence-corrected chi connectivity index (χ2v) is 7.85. The highest BCUT2D eigenvalue weighted by atomic mass is 16.5. The molecule has 3 rings (SSSR count). The molecule has 2 aromatic carbocycles. The van der Waals surface area contributed by atoms with Crippen LogP contribution in [0.4, 0.5) is 16.2 Å². The lowest BCUT2D eigenvalue weighted by Crippen LogP contribution is -2.46. The van der Waals surface area contributed by atoms with Gasteiger partial charge in [-0.25, -0.2) is 9.59 Å². The van der Waals surface area contributed by atoms with E-state index in [1.165, 1.54) is 6.42 Å². The van der Waals surface area contributed by atoms with E-state index in [2.05, 4.69) is 16.0 Å². The first-order chi connectivity index (χ1) is 14.9. The van der Waals surface area contributed by atoms with Gasteiger partial charge in [0.1, 0.15) is 0 Å². The van der Waals surface area contributed by atoms with E-state index in [1.54, 1.807) is 18.2 Å². The number of esters is 1. The fourth-order valence-electron chi connectivity index (χ4n) is 3.64. The maximum Gasteiger partial charge on any atom is 0.340 e. The SMILES string of the molecule is Cc1cccc(Nc2ccccc2C(=O)OCC(=O)NC(=O)NC2CCCCC2)c1C. The highest BCUT2D eigenvalue weighted by Crippen LogP contribution is 2.25. The molecule has 1 aliphatic carbocycles. The Labute approximate surface area is 182 Å². The summed E-state index contributed by atoms with van der Waals surface area (Å²) in [5.41, 5.74) is 3.99. The molecule has 1 saturated carbocycles. The quantitative estimate of drug-likeness (QED) is 0.600. The number of nitrogens with one attached hydrogen (secondary N) is 3. The molecule has 1 aliphatic rings. The number of urea groups is 1. The van der Waals surface area contributed by atoms with Crippen LogP contribution >= 0.6 is 0 Å². The number of imide groups is 1. The molecule has 0 heterocycles. The van der Waals surface area contributed by atoms with Crippen LogP contribution in [0.3, 0.4) is 0 Å². The minimum absolute atomic E-state index is 0.0899. The van der Waals surface area contributed by atoms with Gasteiger partial charge in [-0.05, 0) is 56.0 Å². The van der Waals surface area contributed by atoms with Crippen molar-refractivity contribution >= 4 is 29.3 Å². The molecule has 0 saturated heterocycles. The summed E-state index contributed by atoms with van der Waals surface area (Å²) in [7, 11) is 0. The van der Waals surface area contributed by atoms with Crippen molar-refractivity contribution in [2.24, 2.45) is 0 Å². The zero-order valence-corrected chi connectivity index (χ0v) is 18.0. The lowest BCUT2D eigenvalue weighted by molar-refractivity contribution is -0.123. The van der Waals surface area contributed by atoms with Crippen molar-refractivity contribution in [2.45, 2.75) is 52.0 Å². The molecule has 1 fully saturated rings. The van der Waals surface area contributed by atoms with Crippen molar-refractivity contribution in [1.29, 1.82) is 0 Å². The normalized spacial score (nSPS) is 13.9. The summed E-state index contributed by atoms with van der Waals surface area (Å²) in [4.78, 5) is 36.6. The number of rotatable bonds is 6. The first kappa shape index (κ1) is 22.3. The fraction of sp³-hybridized carbons (Fsp3) is 0.375. The number of hydrogen-bond donors (Lipinski definition) is 3. The molecule has 0 radical (unpaired) electrons. The van der Waals surface area contributed by atoms with Crippen LogP contribution < -0.4 is 16.0 Å². The Morgan fingerprint density at radius 1 is 0.935 bits per heavy atom. The summed E-state index contributed by atoms with van der Waals surface area (Å²) in [5.74, 6) is -1.31. The molecule has 0 bridgehead atoms. The summed E-state index contributed by atoms with van der Waals surface area (Å²) in [6, 6.07) is 12.4. The Bertz CT molecular complexity index is 952. The monoisotopic (exact) mass is 423 g/mol. The molecule has 164 valence electrons. The Hall–Kier alpha value is -3.35. The predicted molar refractivity (Wildman–Crippen MR) is 119 cm³/mol. The highest BCUT2D eigenvalue weighted by Gasteiger charge is 2.19. The number of carbonyl (C=O) groups is 3. The average Bonchev–Trinajstić information content (AvgIpc) is 2.76. The first-order valence-corrected chi connectivity index (χ1v) is 10.6. The summed E-state index contributed by atoms with van der Waals surface area (Å²) >= 11 is 0. The highest BCUT2D eigenvalue weighted by molar-refractivity contribution is 5.99. The van der Waals surface area contributed by atoms with Crippen LogP contribution in [0.25, 0.3) is 0 Å². The number of carbonyl (C=O) groups excluding carboxylic acids is 3. The van der Waals surface area contributed by atoms with Crippen LogP contribution in [0, 0.1) is 13.8 Å². The van der Waals surface area contributed by atoms with E-state index < -0.39 is 24.5 Å². The van der Waals surface area contributed by atoms with Gasteiger partial charge in [-0.15, -0.1) is 0 Å². The van der Waals surface area contributed by atoms with E-state index in [4.69, 9.17) is 4.74 Å². The van der Waals surface area contributed by atoms with Crippen molar-refractivity contribution in [3.63, 3.8) is 0 Å².